The Bertz CT molecular complexity index is 471. The topological polar surface area (TPSA) is 135 Å². The van der Waals surface area contributed by atoms with Crippen LogP contribution in [-0.4, -0.2) is 29.1 Å². The first kappa shape index (κ1) is 15.5. The van der Waals surface area contributed by atoms with E-state index in [-0.39, 0.29) is 12.8 Å². The molecule has 1 aromatic heterocycles. The summed E-state index contributed by atoms with van der Waals surface area (Å²) in [5.41, 5.74) is 4.94. The molecule has 0 fully saturated rings. The lowest BCUT2D eigenvalue weighted by Crippen LogP contribution is -2.46. The summed E-state index contributed by atoms with van der Waals surface area (Å²) in [4.78, 5) is 33.2. The predicted molar refractivity (Wildman–Crippen MR) is 68.6 cm³/mol. The third-order valence-corrected chi connectivity index (χ3v) is 2.60. The van der Waals surface area contributed by atoms with Crippen LogP contribution in [0.25, 0.3) is 0 Å². The molecule has 0 spiro atoms. The van der Waals surface area contributed by atoms with Crippen molar-refractivity contribution in [2.75, 3.05) is 0 Å². The van der Waals surface area contributed by atoms with Crippen molar-refractivity contribution >= 4 is 17.9 Å². The second-order valence-corrected chi connectivity index (χ2v) is 4.25. The Morgan fingerprint density at radius 2 is 2.10 bits per heavy atom. The van der Waals surface area contributed by atoms with E-state index in [1.807, 2.05) is 0 Å². The first-order valence-electron chi connectivity index (χ1n) is 6.01. The van der Waals surface area contributed by atoms with Crippen LogP contribution < -0.4 is 16.4 Å². The quantitative estimate of drug-likeness (QED) is 0.573. The molecule has 8 heteroatoms. The molecule has 1 unspecified atom stereocenters. The van der Waals surface area contributed by atoms with Gasteiger partial charge in [0.25, 0.3) is 0 Å². The summed E-state index contributed by atoms with van der Waals surface area (Å²) >= 11 is 0. The minimum Gasteiger partial charge on any atom is -0.480 e. The van der Waals surface area contributed by atoms with Crippen LogP contribution in [0.3, 0.4) is 0 Å². The molecular formula is C12H17N3O5. The fourth-order valence-corrected chi connectivity index (χ4v) is 1.55. The zero-order chi connectivity index (χ0) is 15.1. The number of urea groups is 1. The molecule has 20 heavy (non-hydrogen) atoms. The smallest absolute Gasteiger partial charge is 0.326 e. The summed E-state index contributed by atoms with van der Waals surface area (Å²) in [6.45, 7) is 1.69. The van der Waals surface area contributed by atoms with Gasteiger partial charge in [-0.25, -0.2) is 9.59 Å². The first-order chi connectivity index (χ1) is 9.40. The molecule has 0 aliphatic carbocycles. The minimum atomic E-state index is -1.23. The molecule has 8 nitrogen and oxygen atoms in total. The molecule has 2 atom stereocenters. The van der Waals surface area contributed by atoms with E-state index in [4.69, 9.17) is 15.3 Å². The molecule has 1 rings (SSSR count). The normalized spacial score (nSPS) is 13.2. The number of carboxylic acid groups (broad SMARTS) is 1. The lowest BCUT2D eigenvalue weighted by molar-refractivity contribution is -0.139. The highest BCUT2D eigenvalue weighted by atomic mass is 16.4. The van der Waals surface area contributed by atoms with Crippen LogP contribution in [0.5, 0.6) is 0 Å². The number of carbonyl (C=O) groups excluding carboxylic acids is 2. The van der Waals surface area contributed by atoms with Crippen molar-refractivity contribution in [1.29, 1.82) is 0 Å². The summed E-state index contributed by atoms with van der Waals surface area (Å²) in [7, 11) is 0. The van der Waals surface area contributed by atoms with E-state index >= 15 is 0 Å². The third-order valence-electron chi connectivity index (χ3n) is 2.60. The minimum absolute atomic E-state index is 0.0623. The molecule has 0 saturated carbocycles. The summed E-state index contributed by atoms with van der Waals surface area (Å²) in [5, 5.41) is 13.7. The van der Waals surface area contributed by atoms with Gasteiger partial charge in [0.05, 0.1) is 12.3 Å². The van der Waals surface area contributed by atoms with Crippen molar-refractivity contribution in [2.24, 2.45) is 5.73 Å². The number of amides is 3. The van der Waals surface area contributed by atoms with Gasteiger partial charge in [0.1, 0.15) is 11.8 Å². The molecule has 5 N–H and O–H groups in total. The maximum Gasteiger partial charge on any atom is 0.326 e. The maximum atomic E-state index is 11.7. The van der Waals surface area contributed by atoms with E-state index in [9.17, 15) is 14.4 Å². The van der Waals surface area contributed by atoms with Gasteiger partial charge in [-0.2, -0.15) is 0 Å². The van der Waals surface area contributed by atoms with Gasteiger partial charge in [0, 0.05) is 6.42 Å². The summed E-state index contributed by atoms with van der Waals surface area (Å²) < 4.78 is 5.11. The van der Waals surface area contributed by atoms with E-state index < -0.39 is 30.0 Å². The van der Waals surface area contributed by atoms with Crippen LogP contribution in [0.15, 0.2) is 22.8 Å². The predicted octanol–water partition coefficient (Wildman–Crippen LogP) is 0.359. The summed E-state index contributed by atoms with van der Waals surface area (Å²) in [5.74, 6) is -1.31. The molecule has 0 aromatic carbocycles. The Morgan fingerprint density at radius 3 is 2.60 bits per heavy atom. The molecule has 110 valence electrons. The third kappa shape index (κ3) is 5.01. The van der Waals surface area contributed by atoms with Crippen molar-refractivity contribution in [3.8, 4) is 0 Å². The number of furan rings is 1. The molecule has 0 bridgehead atoms. The second-order valence-electron chi connectivity index (χ2n) is 4.25. The highest BCUT2D eigenvalue weighted by Gasteiger charge is 2.21. The lowest BCUT2D eigenvalue weighted by Gasteiger charge is -2.17. The van der Waals surface area contributed by atoms with Crippen molar-refractivity contribution in [3.63, 3.8) is 0 Å². The number of aliphatic carboxylic acids is 1. The summed E-state index contributed by atoms with van der Waals surface area (Å²) in [6.07, 6.45) is 1.29. The van der Waals surface area contributed by atoms with Gasteiger partial charge in [-0.1, -0.05) is 0 Å². The molecule has 0 saturated heterocycles. The van der Waals surface area contributed by atoms with E-state index in [1.54, 1.807) is 19.1 Å². The van der Waals surface area contributed by atoms with E-state index in [1.165, 1.54) is 6.26 Å². The molecule has 0 aliphatic rings. The number of carbonyl (C=O) groups is 3. The average molecular weight is 283 g/mol. The number of hydrogen-bond donors (Lipinski definition) is 4. The monoisotopic (exact) mass is 283 g/mol. The van der Waals surface area contributed by atoms with Gasteiger partial charge in [-0.3, -0.25) is 4.79 Å². The van der Waals surface area contributed by atoms with Crippen LogP contribution in [0.4, 0.5) is 4.79 Å². The van der Waals surface area contributed by atoms with Crippen molar-refractivity contribution in [1.82, 2.24) is 10.6 Å². The van der Waals surface area contributed by atoms with Gasteiger partial charge in [-0.05, 0) is 25.5 Å². The highest BCUT2D eigenvalue weighted by molar-refractivity contribution is 5.83. The Hall–Kier alpha value is -2.51. The molecule has 1 aromatic rings. The van der Waals surface area contributed by atoms with Crippen LogP contribution in [0.2, 0.25) is 0 Å². The van der Waals surface area contributed by atoms with E-state index in [0.717, 1.165) is 0 Å². The molecule has 0 radical (unpaired) electrons. The maximum absolute atomic E-state index is 11.7. The lowest BCUT2D eigenvalue weighted by atomic mass is 10.1. The first-order valence-corrected chi connectivity index (χ1v) is 6.01. The zero-order valence-corrected chi connectivity index (χ0v) is 11.0. The zero-order valence-electron chi connectivity index (χ0n) is 11.0. The molecule has 0 aliphatic heterocycles. The SMILES string of the molecule is CC(NC(=O)N[C@H](CCC(N)=O)C(=O)O)c1ccco1. The Labute approximate surface area is 115 Å². The Balaban J connectivity index is 2.49. The van der Waals surface area contributed by atoms with Crippen LogP contribution >= 0.6 is 0 Å². The number of nitrogens with two attached hydrogens (primary N) is 1. The van der Waals surface area contributed by atoms with Gasteiger partial charge >= 0.3 is 12.0 Å². The van der Waals surface area contributed by atoms with Gasteiger partial charge in [0.2, 0.25) is 5.91 Å². The fourth-order valence-electron chi connectivity index (χ4n) is 1.55. The van der Waals surface area contributed by atoms with Crippen molar-refractivity contribution in [2.45, 2.75) is 31.8 Å². The van der Waals surface area contributed by atoms with Crippen LogP contribution in [-0.2, 0) is 9.59 Å². The van der Waals surface area contributed by atoms with Crippen molar-refractivity contribution < 1.29 is 23.9 Å². The molecule has 3 amide bonds. The Morgan fingerprint density at radius 1 is 1.40 bits per heavy atom. The average Bonchev–Trinajstić information content (AvgIpc) is 2.87. The van der Waals surface area contributed by atoms with E-state index in [2.05, 4.69) is 10.6 Å². The van der Waals surface area contributed by atoms with Gasteiger partial charge in [0.15, 0.2) is 0 Å². The van der Waals surface area contributed by atoms with Crippen LogP contribution in [0, 0.1) is 0 Å². The van der Waals surface area contributed by atoms with Gasteiger partial charge in [-0.15, -0.1) is 0 Å². The van der Waals surface area contributed by atoms with Crippen molar-refractivity contribution in [3.05, 3.63) is 24.2 Å². The Kier molecular flexibility index (Phi) is 5.57. The second kappa shape index (κ2) is 7.17. The van der Waals surface area contributed by atoms with Gasteiger partial charge < -0.3 is 25.9 Å². The number of nitrogens with one attached hydrogen (secondary N) is 2. The molecule has 1 heterocycles. The number of primary amides is 1. The highest BCUT2D eigenvalue weighted by Crippen LogP contribution is 2.11. The molecular weight excluding hydrogens is 266 g/mol. The number of rotatable bonds is 7. The summed E-state index contributed by atoms with van der Waals surface area (Å²) in [6, 6.07) is 1.12. The fraction of sp³-hybridized carbons (Fsp3) is 0.417. The number of hydrogen-bond acceptors (Lipinski definition) is 4. The standard InChI is InChI=1S/C12H17N3O5/c1-7(9-3-2-6-20-9)14-12(19)15-8(11(17)18)4-5-10(13)16/h2-3,6-8H,4-5H2,1H3,(H2,13,16)(H,17,18)(H2,14,15,19)/t7?,8-/m1/s1. The van der Waals surface area contributed by atoms with E-state index in [0.29, 0.717) is 5.76 Å². The van der Waals surface area contributed by atoms with Crippen LogP contribution in [0.1, 0.15) is 31.6 Å². The number of carboxylic acids is 1. The largest absolute Gasteiger partial charge is 0.480 e.